The smallest absolute Gasteiger partial charge is 0.316 e. The molecule has 0 aliphatic rings. The monoisotopic (exact) mass is 263 g/mol. The molecule has 2 aromatic rings. The zero-order chi connectivity index (χ0) is 13.0. The summed E-state index contributed by atoms with van der Waals surface area (Å²) in [6.45, 7) is 3.94. The van der Waals surface area contributed by atoms with Crippen molar-refractivity contribution >= 4 is 11.3 Å². The lowest BCUT2D eigenvalue weighted by atomic mass is 10.2. The lowest BCUT2D eigenvalue weighted by Crippen LogP contribution is -2.17. The van der Waals surface area contributed by atoms with Crippen LogP contribution >= 0.6 is 11.3 Å². The molecule has 0 unspecified atom stereocenters. The Kier molecular flexibility index (Phi) is 4.28. The van der Waals surface area contributed by atoms with Crippen molar-refractivity contribution in [1.82, 2.24) is 14.9 Å². The second kappa shape index (κ2) is 5.93. The molecule has 0 amide bonds. The molecule has 0 aliphatic heterocycles. The number of ether oxygens (including phenoxy) is 1. The molecule has 4 nitrogen and oxygen atoms in total. The molecule has 0 saturated carbocycles. The first-order valence-corrected chi connectivity index (χ1v) is 6.63. The lowest BCUT2D eigenvalue weighted by Gasteiger charge is -2.16. The van der Waals surface area contributed by atoms with E-state index < -0.39 is 0 Å². The number of hydrogen-bond acceptors (Lipinski definition) is 5. The second-order valence-electron chi connectivity index (χ2n) is 4.28. The molecule has 0 radical (unpaired) electrons. The van der Waals surface area contributed by atoms with Crippen molar-refractivity contribution in [3.05, 3.63) is 39.8 Å². The van der Waals surface area contributed by atoms with Gasteiger partial charge >= 0.3 is 6.01 Å². The van der Waals surface area contributed by atoms with E-state index in [1.807, 2.05) is 12.4 Å². The molecule has 0 spiro atoms. The molecule has 0 N–H and O–H groups in total. The number of hydrogen-bond donors (Lipinski definition) is 0. The molecule has 0 atom stereocenters. The van der Waals surface area contributed by atoms with Gasteiger partial charge in [-0.15, -0.1) is 11.3 Å². The largest absolute Gasteiger partial charge is 0.467 e. The minimum atomic E-state index is 0.413. The van der Waals surface area contributed by atoms with Crippen LogP contribution in [-0.4, -0.2) is 29.0 Å². The Balaban J connectivity index is 1.94. The van der Waals surface area contributed by atoms with Gasteiger partial charge in [0.1, 0.15) is 0 Å². The number of nitrogens with zero attached hydrogens (tertiary/aromatic N) is 3. The van der Waals surface area contributed by atoms with Crippen molar-refractivity contribution in [2.75, 3.05) is 14.2 Å². The van der Waals surface area contributed by atoms with Gasteiger partial charge in [0, 0.05) is 35.9 Å². The third-order valence-corrected chi connectivity index (χ3v) is 3.71. The van der Waals surface area contributed by atoms with Crippen molar-refractivity contribution < 1.29 is 4.74 Å². The molecule has 18 heavy (non-hydrogen) atoms. The summed E-state index contributed by atoms with van der Waals surface area (Å²) in [5.74, 6) is 0. The molecule has 0 bridgehead atoms. The Hall–Kier alpha value is -1.46. The quantitative estimate of drug-likeness (QED) is 0.830. The van der Waals surface area contributed by atoms with Crippen LogP contribution in [0, 0.1) is 6.92 Å². The first-order chi connectivity index (χ1) is 8.69. The molecular weight excluding hydrogens is 246 g/mol. The van der Waals surface area contributed by atoms with Crippen LogP contribution in [0.15, 0.2) is 23.8 Å². The van der Waals surface area contributed by atoms with E-state index in [1.165, 1.54) is 10.4 Å². The van der Waals surface area contributed by atoms with E-state index in [0.717, 1.165) is 18.7 Å². The molecule has 2 rings (SSSR count). The van der Waals surface area contributed by atoms with Crippen LogP contribution in [0.5, 0.6) is 6.01 Å². The van der Waals surface area contributed by atoms with Crippen LogP contribution < -0.4 is 4.74 Å². The molecule has 2 heterocycles. The zero-order valence-corrected chi connectivity index (χ0v) is 11.7. The SMILES string of the molecule is COc1ncc(CN(C)Cc2sccc2C)cn1. The minimum Gasteiger partial charge on any atom is -0.467 e. The van der Waals surface area contributed by atoms with Crippen molar-refractivity contribution in [2.24, 2.45) is 0 Å². The molecule has 96 valence electrons. The molecule has 2 aromatic heterocycles. The van der Waals surface area contributed by atoms with Crippen molar-refractivity contribution in [3.63, 3.8) is 0 Å². The highest BCUT2D eigenvalue weighted by Crippen LogP contribution is 2.18. The van der Waals surface area contributed by atoms with Crippen molar-refractivity contribution in [1.29, 1.82) is 0 Å². The summed E-state index contributed by atoms with van der Waals surface area (Å²) >= 11 is 1.80. The number of aryl methyl sites for hydroxylation is 1. The average Bonchev–Trinajstić information content (AvgIpc) is 2.76. The molecule has 0 aliphatic carbocycles. The van der Waals surface area contributed by atoms with E-state index in [2.05, 4.69) is 40.3 Å². The Morgan fingerprint density at radius 2 is 2.00 bits per heavy atom. The molecule has 0 fully saturated rings. The maximum atomic E-state index is 4.94. The topological polar surface area (TPSA) is 38.2 Å². The summed E-state index contributed by atoms with van der Waals surface area (Å²) < 4.78 is 4.94. The highest BCUT2D eigenvalue weighted by atomic mass is 32.1. The number of aromatic nitrogens is 2. The third kappa shape index (κ3) is 3.27. The summed E-state index contributed by atoms with van der Waals surface area (Å²) in [4.78, 5) is 11.9. The number of thiophene rings is 1. The Morgan fingerprint density at radius 3 is 2.56 bits per heavy atom. The fraction of sp³-hybridized carbons (Fsp3) is 0.385. The fourth-order valence-electron chi connectivity index (χ4n) is 1.71. The Morgan fingerprint density at radius 1 is 1.28 bits per heavy atom. The fourth-order valence-corrected chi connectivity index (χ4v) is 2.69. The lowest BCUT2D eigenvalue weighted by molar-refractivity contribution is 0.319. The van der Waals surface area contributed by atoms with E-state index in [9.17, 15) is 0 Å². The van der Waals surface area contributed by atoms with Gasteiger partial charge in [-0.1, -0.05) is 0 Å². The van der Waals surface area contributed by atoms with Crippen LogP contribution in [0.2, 0.25) is 0 Å². The summed E-state index contributed by atoms with van der Waals surface area (Å²) in [7, 11) is 3.67. The van der Waals surface area contributed by atoms with Gasteiger partial charge in [0.05, 0.1) is 7.11 Å². The van der Waals surface area contributed by atoms with Gasteiger partial charge in [0.15, 0.2) is 0 Å². The van der Waals surface area contributed by atoms with E-state index in [1.54, 1.807) is 18.4 Å². The Labute approximate surface area is 111 Å². The maximum Gasteiger partial charge on any atom is 0.316 e. The number of rotatable bonds is 5. The van der Waals surface area contributed by atoms with E-state index in [-0.39, 0.29) is 0 Å². The highest BCUT2D eigenvalue weighted by molar-refractivity contribution is 7.10. The van der Waals surface area contributed by atoms with Gasteiger partial charge in [-0.05, 0) is 31.0 Å². The summed E-state index contributed by atoms with van der Waals surface area (Å²) in [5.41, 5.74) is 2.45. The summed E-state index contributed by atoms with van der Waals surface area (Å²) in [6.07, 6.45) is 3.62. The van der Waals surface area contributed by atoms with Crippen LogP contribution in [-0.2, 0) is 13.1 Å². The molecule has 5 heteroatoms. The molecule has 0 aromatic carbocycles. The first kappa shape index (κ1) is 13.0. The first-order valence-electron chi connectivity index (χ1n) is 5.75. The van der Waals surface area contributed by atoms with Gasteiger partial charge < -0.3 is 4.74 Å². The summed E-state index contributed by atoms with van der Waals surface area (Å²) in [5, 5.41) is 2.13. The number of methoxy groups -OCH3 is 1. The van der Waals surface area contributed by atoms with Gasteiger partial charge in [-0.3, -0.25) is 4.90 Å². The van der Waals surface area contributed by atoms with Crippen LogP contribution in [0.1, 0.15) is 16.0 Å². The van der Waals surface area contributed by atoms with Crippen LogP contribution in [0.25, 0.3) is 0 Å². The molecule has 0 saturated heterocycles. The molecular formula is C13H17N3OS. The normalized spacial score (nSPS) is 10.9. The van der Waals surface area contributed by atoms with E-state index >= 15 is 0 Å². The highest BCUT2D eigenvalue weighted by Gasteiger charge is 2.06. The maximum absolute atomic E-state index is 4.94. The van der Waals surface area contributed by atoms with Gasteiger partial charge in [-0.25, -0.2) is 9.97 Å². The predicted molar refractivity (Wildman–Crippen MR) is 72.8 cm³/mol. The van der Waals surface area contributed by atoms with E-state index in [4.69, 9.17) is 4.74 Å². The standard InChI is InChI=1S/C13H17N3OS/c1-10-4-5-18-12(10)9-16(2)8-11-6-14-13(17-3)15-7-11/h4-7H,8-9H2,1-3H3. The van der Waals surface area contributed by atoms with Gasteiger partial charge in [0.25, 0.3) is 0 Å². The summed E-state index contributed by atoms with van der Waals surface area (Å²) in [6, 6.07) is 2.57. The average molecular weight is 263 g/mol. The van der Waals surface area contributed by atoms with Crippen molar-refractivity contribution in [3.8, 4) is 6.01 Å². The van der Waals surface area contributed by atoms with Gasteiger partial charge in [-0.2, -0.15) is 0 Å². The third-order valence-electron chi connectivity index (χ3n) is 2.70. The predicted octanol–water partition coefficient (Wildman–Crippen LogP) is 2.49. The van der Waals surface area contributed by atoms with Crippen LogP contribution in [0.3, 0.4) is 0 Å². The Bertz CT molecular complexity index is 495. The van der Waals surface area contributed by atoms with E-state index in [0.29, 0.717) is 6.01 Å². The van der Waals surface area contributed by atoms with Gasteiger partial charge in [0.2, 0.25) is 0 Å². The zero-order valence-electron chi connectivity index (χ0n) is 10.9. The second-order valence-corrected chi connectivity index (χ2v) is 5.28. The minimum absolute atomic E-state index is 0.413. The van der Waals surface area contributed by atoms with Crippen LogP contribution in [0.4, 0.5) is 0 Å². The van der Waals surface area contributed by atoms with Crippen molar-refractivity contribution in [2.45, 2.75) is 20.0 Å².